The van der Waals surface area contributed by atoms with Crippen molar-refractivity contribution in [3.8, 4) is 0 Å². The number of aliphatic imine (C=N–C) groups is 1. The molecule has 0 bridgehead atoms. The second kappa shape index (κ2) is 31.4. The van der Waals surface area contributed by atoms with Gasteiger partial charge in [-0.15, -0.1) is 0 Å². The maximum absolute atomic E-state index is 12.3. The van der Waals surface area contributed by atoms with E-state index in [0.717, 1.165) is 59.4 Å². The Kier molecular flexibility index (Phi) is 26.2. The van der Waals surface area contributed by atoms with Gasteiger partial charge < -0.3 is 40.9 Å². The lowest BCUT2D eigenvalue weighted by Crippen LogP contribution is -2.35. The summed E-state index contributed by atoms with van der Waals surface area (Å²) in [5.74, 6) is 1.46. The second-order valence-corrected chi connectivity index (χ2v) is 16.5. The number of nitrogens with zero attached hydrogens (tertiary/aromatic N) is 4. The number of carbonyl (C=O) groups is 2. The van der Waals surface area contributed by atoms with Crippen LogP contribution in [0.15, 0.2) is 95.8 Å². The first kappa shape index (κ1) is 49.9. The smallest absolute Gasteiger partial charge is 0.220 e. The Bertz CT molecular complexity index is 1740. The molecule has 0 aliphatic carbocycles. The predicted molar refractivity (Wildman–Crippen MR) is 251 cm³/mol. The van der Waals surface area contributed by atoms with Gasteiger partial charge in [0.05, 0.1) is 26.4 Å². The first-order chi connectivity index (χ1) is 29.4. The van der Waals surface area contributed by atoms with E-state index in [2.05, 4.69) is 63.6 Å². The van der Waals surface area contributed by atoms with Crippen molar-refractivity contribution in [2.45, 2.75) is 45.6 Å². The molecule has 0 unspecified atom stereocenters. The van der Waals surface area contributed by atoms with Crippen LogP contribution in [0, 0.1) is 0 Å². The van der Waals surface area contributed by atoms with Gasteiger partial charge in [-0.05, 0) is 65.4 Å². The van der Waals surface area contributed by atoms with Gasteiger partial charge in [0.2, 0.25) is 11.8 Å². The average Bonchev–Trinajstić information content (AvgIpc) is 3.27. The zero-order chi connectivity index (χ0) is 43.0. The number of benzene rings is 2. The summed E-state index contributed by atoms with van der Waals surface area (Å²) in [5, 5.41) is 43.0. The van der Waals surface area contributed by atoms with Crippen molar-refractivity contribution in [2.75, 3.05) is 93.5 Å². The van der Waals surface area contributed by atoms with Crippen LogP contribution >= 0.6 is 21.6 Å². The van der Waals surface area contributed by atoms with Crippen LogP contribution < -0.4 is 25.0 Å². The van der Waals surface area contributed by atoms with Crippen molar-refractivity contribution in [2.24, 2.45) is 4.99 Å². The summed E-state index contributed by atoms with van der Waals surface area (Å²) in [6, 6.07) is 20.2. The first-order valence-electron chi connectivity index (χ1n) is 20.8. The Morgan fingerprint density at radius 1 is 0.667 bits per heavy atom. The van der Waals surface area contributed by atoms with Gasteiger partial charge in [0.15, 0.2) is 12.4 Å². The summed E-state index contributed by atoms with van der Waals surface area (Å²) < 4.78 is 2.10. The zero-order valence-corrected chi connectivity index (χ0v) is 36.7. The van der Waals surface area contributed by atoms with Crippen molar-refractivity contribution in [3.63, 3.8) is 0 Å². The van der Waals surface area contributed by atoms with E-state index >= 15 is 0 Å². The van der Waals surface area contributed by atoms with Gasteiger partial charge in [0.1, 0.15) is 6.54 Å². The quantitative estimate of drug-likeness (QED) is 0.0171. The molecule has 326 valence electrons. The van der Waals surface area contributed by atoms with E-state index in [-0.39, 0.29) is 38.2 Å². The van der Waals surface area contributed by atoms with Crippen LogP contribution in [0.4, 0.5) is 11.4 Å². The lowest BCUT2D eigenvalue weighted by molar-refractivity contribution is -0.697. The number of aromatic nitrogens is 1. The van der Waals surface area contributed by atoms with Crippen LogP contribution in [0.1, 0.15) is 55.7 Å². The number of pyridine rings is 1. The summed E-state index contributed by atoms with van der Waals surface area (Å²) in [6.07, 6.45) is 19.5. The number of anilines is 2. The molecule has 0 fully saturated rings. The highest BCUT2D eigenvalue weighted by atomic mass is 33.1. The van der Waals surface area contributed by atoms with Gasteiger partial charge in [0.25, 0.3) is 0 Å². The fraction of sp³-hybridized carbons (Fsp3) is 0.435. The average molecular weight is 862 g/mol. The van der Waals surface area contributed by atoms with Gasteiger partial charge in [-0.1, -0.05) is 77.1 Å². The van der Waals surface area contributed by atoms with E-state index in [1.807, 2.05) is 83.0 Å². The molecular weight excluding hydrogens is 797 g/mol. The number of hydrogen-bond donors (Lipinski definition) is 6. The molecule has 0 saturated carbocycles. The number of amides is 2. The van der Waals surface area contributed by atoms with E-state index in [4.69, 9.17) is 0 Å². The SMILES string of the molecule is CCC(/C=C/c1ccc(N(CCO)CCO)cc1)=C\C=NCCCNC(=O)CCSSCCC(=O)NCCC[n+]1ccc(C=Cc2ccc(N(CCO)CCO)cc2)cc1. The zero-order valence-electron chi connectivity index (χ0n) is 35.0. The van der Waals surface area contributed by atoms with Gasteiger partial charge in [0, 0.05) is 106 Å². The molecule has 0 atom stereocenters. The molecule has 14 heteroatoms. The number of rotatable bonds is 31. The predicted octanol–water partition coefficient (Wildman–Crippen LogP) is 5.02. The normalized spacial score (nSPS) is 11.8. The largest absolute Gasteiger partial charge is 0.395 e. The highest BCUT2D eigenvalue weighted by Crippen LogP contribution is 2.22. The molecule has 0 aliphatic rings. The Morgan fingerprint density at radius 3 is 1.62 bits per heavy atom. The van der Waals surface area contributed by atoms with Crippen molar-refractivity contribution in [3.05, 3.63) is 107 Å². The summed E-state index contributed by atoms with van der Waals surface area (Å²) >= 11 is 0. The van der Waals surface area contributed by atoms with Crippen LogP contribution in [0.2, 0.25) is 0 Å². The van der Waals surface area contributed by atoms with Crippen LogP contribution in [0.5, 0.6) is 0 Å². The number of carbonyl (C=O) groups excluding carboxylic acids is 2. The van der Waals surface area contributed by atoms with Crippen LogP contribution in [0.25, 0.3) is 18.2 Å². The molecule has 2 aromatic carbocycles. The van der Waals surface area contributed by atoms with Crippen molar-refractivity contribution >= 4 is 69.2 Å². The van der Waals surface area contributed by atoms with Gasteiger partial charge in [-0.25, -0.2) is 4.57 Å². The summed E-state index contributed by atoms with van der Waals surface area (Å²) in [7, 11) is 3.23. The number of aliphatic hydroxyl groups excluding tert-OH is 4. The minimum absolute atomic E-state index is 0.0271. The number of aliphatic hydroxyl groups is 4. The molecule has 6 N–H and O–H groups in total. The molecule has 3 rings (SSSR count). The number of nitrogens with one attached hydrogen (secondary N) is 2. The summed E-state index contributed by atoms with van der Waals surface area (Å²) in [4.78, 5) is 32.9. The molecule has 3 aromatic rings. The molecule has 12 nitrogen and oxygen atoms in total. The molecule has 1 heterocycles. The Morgan fingerprint density at radius 2 is 1.13 bits per heavy atom. The van der Waals surface area contributed by atoms with Crippen molar-refractivity contribution < 1.29 is 34.6 Å². The highest BCUT2D eigenvalue weighted by Gasteiger charge is 2.08. The van der Waals surface area contributed by atoms with E-state index in [1.165, 1.54) is 0 Å². The third kappa shape index (κ3) is 21.2. The molecule has 0 saturated heterocycles. The molecule has 0 radical (unpaired) electrons. The first-order valence-corrected chi connectivity index (χ1v) is 23.3. The molecule has 60 heavy (non-hydrogen) atoms. The fourth-order valence-corrected chi connectivity index (χ4v) is 7.89. The Labute approximate surface area is 364 Å². The molecule has 1 aromatic heterocycles. The van der Waals surface area contributed by atoms with Gasteiger partial charge in [-0.3, -0.25) is 14.6 Å². The lowest BCUT2D eigenvalue weighted by Gasteiger charge is -2.22. The molecular formula is C46H65N6O6S2+. The minimum Gasteiger partial charge on any atom is -0.395 e. The number of aryl methyl sites for hydroxylation is 1. The van der Waals surface area contributed by atoms with Crippen molar-refractivity contribution in [1.82, 2.24) is 10.6 Å². The van der Waals surface area contributed by atoms with E-state index in [1.54, 1.807) is 21.6 Å². The summed E-state index contributed by atoms with van der Waals surface area (Å²) in [6.45, 7) is 6.81. The van der Waals surface area contributed by atoms with E-state index < -0.39 is 0 Å². The summed E-state index contributed by atoms with van der Waals surface area (Å²) in [5.41, 5.74) is 6.30. The third-order valence-electron chi connectivity index (χ3n) is 9.28. The van der Waals surface area contributed by atoms with Gasteiger partial charge in [-0.2, -0.15) is 0 Å². The maximum Gasteiger partial charge on any atom is 0.220 e. The number of hydrogen-bond acceptors (Lipinski definition) is 11. The maximum atomic E-state index is 12.3. The van der Waals surface area contributed by atoms with E-state index in [0.29, 0.717) is 70.2 Å². The van der Waals surface area contributed by atoms with Crippen molar-refractivity contribution in [1.29, 1.82) is 0 Å². The molecule has 0 aliphatic heterocycles. The minimum atomic E-state index is 0.0271. The van der Waals surface area contributed by atoms with Gasteiger partial charge >= 0.3 is 0 Å². The second-order valence-electron chi connectivity index (χ2n) is 13.8. The van der Waals surface area contributed by atoms with Crippen LogP contribution in [0.3, 0.4) is 0 Å². The van der Waals surface area contributed by atoms with E-state index in [9.17, 15) is 30.0 Å². The number of allylic oxidation sites excluding steroid dienone is 3. The molecule has 0 spiro atoms. The topological polar surface area (TPSA) is 162 Å². The Balaban J connectivity index is 1.18. The van der Waals surface area contributed by atoms with Crippen LogP contribution in [-0.4, -0.2) is 122 Å². The monoisotopic (exact) mass is 861 g/mol. The molecule has 2 amide bonds. The third-order valence-corrected chi connectivity index (χ3v) is 11.7. The van der Waals surface area contributed by atoms with Crippen LogP contribution in [-0.2, 0) is 16.1 Å². The standard InChI is InChI=1S/C46H64N6O6S2/c1-2-39(5-6-40-9-13-43(14-10-40)51(29-33-53)30-34-54)17-25-47-22-3-23-48-45(57)20-37-59-60-38-21-46(58)49-24-4-26-50-27-18-42(19-28-50)8-7-41-11-15-44(16-12-41)52(31-35-55)32-36-56/h5-19,25,27-28,53-56H,2-4,20-24,26,29-38H2,1H3,(H-,48,49,57,58)/p+1/b6-5+,39-17+,47-25?. The fourth-order valence-electron chi connectivity index (χ4n) is 5.91. The Hall–Kier alpha value is -4.44. The highest BCUT2D eigenvalue weighted by molar-refractivity contribution is 8.76. The lowest BCUT2D eigenvalue weighted by atomic mass is 10.1.